The third kappa shape index (κ3) is 3.92. The highest BCUT2D eigenvalue weighted by Gasteiger charge is 2.26. The van der Waals surface area contributed by atoms with Crippen LogP contribution in [0.1, 0.15) is 11.7 Å². The number of thioether (sulfide) groups is 1. The van der Waals surface area contributed by atoms with Crippen LogP contribution in [-0.4, -0.2) is 70.9 Å². The molecule has 0 unspecified atom stereocenters. The molecule has 2 aromatic rings. The summed E-state index contributed by atoms with van der Waals surface area (Å²) in [7, 11) is 0. The van der Waals surface area contributed by atoms with Crippen LogP contribution in [0.3, 0.4) is 0 Å². The van der Waals surface area contributed by atoms with Crippen molar-refractivity contribution in [3.63, 3.8) is 0 Å². The Labute approximate surface area is 157 Å². The van der Waals surface area contributed by atoms with E-state index in [4.69, 9.17) is 4.52 Å². The van der Waals surface area contributed by atoms with E-state index in [1.54, 1.807) is 0 Å². The minimum absolute atomic E-state index is 0.193. The van der Waals surface area contributed by atoms with Crippen LogP contribution in [0.25, 0.3) is 0 Å². The zero-order valence-electron chi connectivity index (χ0n) is 14.9. The summed E-state index contributed by atoms with van der Waals surface area (Å²) in [5.74, 6) is 2.48. The number of aromatic nitrogens is 2. The quantitative estimate of drug-likeness (QED) is 0.807. The molecule has 2 aliphatic rings. The third-order valence-corrected chi connectivity index (χ3v) is 5.82. The first-order valence-electron chi connectivity index (χ1n) is 8.95. The maximum Gasteiger partial charge on any atom is 0.241 e. The van der Waals surface area contributed by atoms with Gasteiger partial charge in [0.2, 0.25) is 11.8 Å². The molecule has 0 bridgehead atoms. The number of para-hydroxylation sites is 1. The first-order valence-corrected chi connectivity index (χ1v) is 9.94. The molecule has 1 amide bonds. The SMILES string of the molecule is Cc1noc(CN2CCN(CC(=O)N3CCSc4ccccc43)CC2)n1. The molecule has 0 spiro atoms. The molecule has 0 radical (unpaired) electrons. The standard InChI is InChI=1S/C18H23N5O2S/c1-14-19-17(25-20-14)12-21-6-8-22(9-7-21)13-18(24)23-10-11-26-16-5-3-2-4-15(16)23/h2-5H,6-13H2,1H3. The van der Waals surface area contributed by atoms with Crippen molar-refractivity contribution < 1.29 is 9.32 Å². The number of rotatable bonds is 4. The van der Waals surface area contributed by atoms with E-state index in [1.165, 1.54) is 4.90 Å². The molecule has 2 aliphatic heterocycles. The Balaban J connectivity index is 1.30. The summed E-state index contributed by atoms with van der Waals surface area (Å²) in [6.07, 6.45) is 0. The molecule has 1 fully saturated rings. The number of aryl methyl sites for hydroxylation is 1. The van der Waals surface area contributed by atoms with Crippen LogP contribution in [-0.2, 0) is 11.3 Å². The second-order valence-corrected chi connectivity index (χ2v) is 7.79. The fourth-order valence-electron chi connectivity index (χ4n) is 3.41. The van der Waals surface area contributed by atoms with Gasteiger partial charge in [-0.1, -0.05) is 17.3 Å². The van der Waals surface area contributed by atoms with E-state index in [2.05, 4.69) is 26.0 Å². The third-order valence-electron chi connectivity index (χ3n) is 4.78. The van der Waals surface area contributed by atoms with Gasteiger partial charge >= 0.3 is 0 Å². The molecule has 0 aliphatic carbocycles. The van der Waals surface area contributed by atoms with Crippen molar-refractivity contribution in [3.8, 4) is 0 Å². The lowest BCUT2D eigenvalue weighted by atomic mass is 10.2. The molecule has 26 heavy (non-hydrogen) atoms. The molecule has 0 saturated carbocycles. The van der Waals surface area contributed by atoms with Crippen molar-refractivity contribution in [1.82, 2.24) is 19.9 Å². The fourth-order valence-corrected chi connectivity index (χ4v) is 4.40. The van der Waals surface area contributed by atoms with Crippen molar-refractivity contribution in [2.24, 2.45) is 0 Å². The van der Waals surface area contributed by atoms with Crippen molar-refractivity contribution in [1.29, 1.82) is 0 Å². The summed E-state index contributed by atoms with van der Waals surface area (Å²) < 4.78 is 5.19. The highest BCUT2D eigenvalue weighted by atomic mass is 32.2. The van der Waals surface area contributed by atoms with Crippen LogP contribution in [0, 0.1) is 6.92 Å². The van der Waals surface area contributed by atoms with Gasteiger partial charge in [0.25, 0.3) is 0 Å². The Kier molecular flexibility index (Phi) is 5.23. The van der Waals surface area contributed by atoms with Crippen molar-refractivity contribution >= 4 is 23.4 Å². The molecule has 138 valence electrons. The number of piperazine rings is 1. The average molecular weight is 373 g/mol. The van der Waals surface area contributed by atoms with Gasteiger partial charge in [0, 0.05) is 43.4 Å². The highest BCUT2D eigenvalue weighted by molar-refractivity contribution is 7.99. The number of fused-ring (bicyclic) bond motifs is 1. The maximum atomic E-state index is 12.8. The Hall–Kier alpha value is -1.90. The van der Waals surface area contributed by atoms with Gasteiger partial charge in [-0.3, -0.25) is 14.6 Å². The first-order chi connectivity index (χ1) is 12.7. The van der Waals surface area contributed by atoms with Crippen LogP contribution in [0.4, 0.5) is 5.69 Å². The lowest BCUT2D eigenvalue weighted by molar-refractivity contribution is -0.120. The number of amides is 1. The number of nitrogens with zero attached hydrogens (tertiary/aromatic N) is 5. The summed E-state index contributed by atoms with van der Waals surface area (Å²) in [6.45, 7) is 7.34. The zero-order chi connectivity index (χ0) is 17.9. The second-order valence-electron chi connectivity index (χ2n) is 6.65. The number of hydrogen-bond donors (Lipinski definition) is 0. The molecule has 0 N–H and O–H groups in total. The van der Waals surface area contributed by atoms with Gasteiger partial charge < -0.3 is 9.42 Å². The number of anilines is 1. The molecule has 1 saturated heterocycles. The molecule has 7 nitrogen and oxygen atoms in total. The van der Waals surface area contributed by atoms with Gasteiger partial charge in [-0.25, -0.2) is 0 Å². The van der Waals surface area contributed by atoms with Gasteiger partial charge in [0.15, 0.2) is 5.82 Å². The largest absolute Gasteiger partial charge is 0.338 e. The van der Waals surface area contributed by atoms with Crippen LogP contribution < -0.4 is 4.90 Å². The predicted molar refractivity (Wildman–Crippen MR) is 100 cm³/mol. The molecular weight excluding hydrogens is 350 g/mol. The van der Waals surface area contributed by atoms with Crippen LogP contribution in [0.5, 0.6) is 0 Å². The molecule has 3 heterocycles. The van der Waals surface area contributed by atoms with E-state index in [-0.39, 0.29) is 5.91 Å². The minimum atomic E-state index is 0.193. The molecular formula is C18H23N5O2S. The van der Waals surface area contributed by atoms with E-state index in [0.717, 1.165) is 44.2 Å². The van der Waals surface area contributed by atoms with Crippen molar-refractivity contribution in [3.05, 3.63) is 36.0 Å². The Morgan fingerprint density at radius 3 is 2.69 bits per heavy atom. The average Bonchev–Trinajstić information content (AvgIpc) is 3.07. The van der Waals surface area contributed by atoms with Crippen LogP contribution in [0.2, 0.25) is 0 Å². The topological polar surface area (TPSA) is 65.7 Å². The monoisotopic (exact) mass is 373 g/mol. The van der Waals surface area contributed by atoms with Gasteiger partial charge in [-0.05, 0) is 19.1 Å². The summed E-state index contributed by atoms with van der Waals surface area (Å²) >= 11 is 1.82. The first kappa shape index (κ1) is 17.5. The fraction of sp³-hybridized carbons (Fsp3) is 0.500. The van der Waals surface area contributed by atoms with E-state index < -0.39 is 0 Å². The lowest BCUT2D eigenvalue weighted by Gasteiger charge is -2.35. The Morgan fingerprint density at radius 1 is 1.15 bits per heavy atom. The van der Waals surface area contributed by atoms with E-state index in [1.807, 2.05) is 41.8 Å². The Bertz CT molecular complexity index is 772. The Morgan fingerprint density at radius 2 is 1.92 bits per heavy atom. The summed E-state index contributed by atoms with van der Waals surface area (Å²) in [5, 5.41) is 3.83. The van der Waals surface area contributed by atoms with Crippen LogP contribution in [0.15, 0.2) is 33.7 Å². The minimum Gasteiger partial charge on any atom is -0.338 e. The van der Waals surface area contributed by atoms with E-state index in [9.17, 15) is 4.79 Å². The number of hydrogen-bond acceptors (Lipinski definition) is 7. The summed E-state index contributed by atoms with van der Waals surface area (Å²) in [4.78, 5) is 24.8. The molecule has 1 aromatic heterocycles. The predicted octanol–water partition coefficient (Wildman–Crippen LogP) is 1.63. The summed E-state index contributed by atoms with van der Waals surface area (Å²) in [6, 6.07) is 8.17. The summed E-state index contributed by atoms with van der Waals surface area (Å²) in [5.41, 5.74) is 1.05. The van der Waals surface area contributed by atoms with Crippen molar-refractivity contribution in [2.75, 3.05) is 49.9 Å². The normalized spacial score (nSPS) is 18.7. The molecule has 8 heteroatoms. The van der Waals surface area contributed by atoms with Gasteiger partial charge in [-0.15, -0.1) is 11.8 Å². The maximum absolute atomic E-state index is 12.8. The lowest BCUT2D eigenvalue weighted by Crippen LogP contribution is -2.50. The van der Waals surface area contributed by atoms with E-state index in [0.29, 0.717) is 24.8 Å². The smallest absolute Gasteiger partial charge is 0.241 e. The van der Waals surface area contributed by atoms with Gasteiger partial charge in [0.1, 0.15) is 0 Å². The number of benzene rings is 1. The molecule has 4 rings (SSSR count). The second kappa shape index (κ2) is 7.77. The van der Waals surface area contributed by atoms with Gasteiger partial charge in [-0.2, -0.15) is 4.98 Å². The zero-order valence-corrected chi connectivity index (χ0v) is 15.7. The highest BCUT2D eigenvalue weighted by Crippen LogP contribution is 2.34. The van der Waals surface area contributed by atoms with Gasteiger partial charge in [0.05, 0.1) is 18.8 Å². The van der Waals surface area contributed by atoms with Crippen LogP contribution >= 0.6 is 11.8 Å². The van der Waals surface area contributed by atoms with Crippen molar-refractivity contribution in [2.45, 2.75) is 18.4 Å². The molecule has 0 atom stereocenters. The van der Waals surface area contributed by atoms with E-state index >= 15 is 0 Å². The number of carbonyl (C=O) groups is 1. The number of carbonyl (C=O) groups excluding carboxylic acids is 1. The molecule has 1 aromatic carbocycles.